The van der Waals surface area contributed by atoms with Crippen molar-refractivity contribution in [3.8, 4) is 11.5 Å². The molecule has 0 aliphatic carbocycles. The molecule has 0 spiro atoms. The number of aromatic hydroxyl groups is 2. The summed E-state index contributed by atoms with van der Waals surface area (Å²) in [6.45, 7) is 0. The van der Waals surface area contributed by atoms with Crippen LogP contribution < -0.4 is 11.5 Å². The van der Waals surface area contributed by atoms with Crippen molar-refractivity contribution in [3.63, 3.8) is 0 Å². The number of phenols is 2. The van der Waals surface area contributed by atoms with Gasteiger partial charge < -0.3 is 21.7 Å². The molecular formula is C6H6F2N2O2. The molecule has 0 radical (unpaired) electrons. The van der Waals surface area contributed by atoms with Crippen molar-refractivity contribution in [1.82, 2.24) is 0 Å². The zero-order valence-electron chi connectivity index (χ0n) is 5.81. The molecule has 0 aliphatic heterocycles. The quantitative estimate of drug-likeness (QED) is 0.263. The normalized spacial score (nSPS) is 10.2. The number of rotatable bonds is 0. The molecule has 1 aromatic rings. The molecular weight excluding hydrogens is 170 g/mol. The molecule has 66 valence electrons. The molecule has 0 bridgehead atoms. The molecule has 0 unspecified atom stereocenters. The van der Waals surface area contributed by atoms with Gasteiger partial charge in [-0.05, 0) is 0 Å². The Morgan fingerprint density at radius 2 is 1.08 bits per heavy atom. The Morgan fingerprint density at radius 3 is 1.33 bits per heavy atom. The third-order valence-electron chi connectivity index (χ3n) is 1.40. The molecule has 0 atom stereocenters. The van der Waals surface area contributed by atoms with Crippen LogP contribution in [-0.4, -0.2) is 10.2 Å². The van der Waals surface area contributed by atoms with Gasteiger partial charge in [-0.1, -0.05) is 0 Å². The standard InChI is InChI=1S/C6H6F2N2O2/c7-1-3(9)4(10)2(8)6(12)5(1)11/h11-12H,9-10H2. The van der Waals surface area contributed by atoms with Crippen LogP contribution in [0.4, 0.5) is 20.2 Å². The van der Waals surface area contributed by atoms with Crippen molar-refractivity contribution in [3.05, 3.63) is 11.6 Å². The maximum absolute atomic E-state index is 12.7. The van der Waals surface area contributed by atoms with Gasteiger partial charge in [-0.25, -0.2) is 8.78 Å². The minimum atomic E-state index is -1.33. The van der Waals surface area contributed by atoms with Crippen molar-refractivity contribution in [2.75, 3.05) is 11.5 Å². The molecule has 0 fully saturated rings. The van der Waals surface area contributed by atoms with E-state index in [1.807, 2.05) is 0 Å². The summed E-state index contributed by atoms with van der Waals surface area (Å²) < 4.78 is 25.3. The average Bonchev–Trinajstić information content (AvgIpc) is 2.08. The van der Waals surface area contributed by atoms with Crippen LogP contribution in [0.15, 0.2) is 0 Å². The van der Waals surface area contributed by atoms with Crippen LogP contribution in [0.5, 0.6) is 11.5 Å². The highest BCUT2D eigenvalue weighted by Gasteiger charge is 2.20. The molecule has 12 heavy (non-hydrogen) atoms. The van der Waals surface area contributed by atoms with Gasteiger partial charge in [0, 0.05) is 0 Å². The molecule has 0 saturated carbocycles. The summed E-state index contributed by atoms with van der Waals surface area (Å²) in [7, 11) is 0. The lowest BCUT2D eigenvalue weighted by Crippen LogP contribution is -2.01. The Kier molecular flexibility index (Phi) is 1.68. The monoisotopic (exact) mass is 176 g/mol. The molecule has 1 rings (SSSR count). The first kappa shape index (κ1) is 8.38. The maximum atomic E-state index is 12.7. The number of benzene rings is 1. The Balaban J connectivity index is 3.60. The van der Waals surface area contributed by atoms with E-state index in [2.05, 4.69) is 0 Å². The van der Waals surface area contributed by atoms with Gasteiger partial charge in [-0.3, -0.25) is 0 Å². The number of phenolic OH excluding ortho intramolecular Hbond substituents is 2. The number of anilines is 2. The van der Waals surface area contributed by atoms with Gasteiger partial charge in [0.05, 0.1) is 11.4 Å². The molecule has 0 aromatic heterocycles. The van der Waals surface area contributed by atoms with E-state index in [1.165, 1.54) is 0 Å². The second-order valence-corrected chi connectivity index (χ2v) is 2.15. The summed E-state index contributed by atoms with van der Waals surface area (Å²) in [6, 6.07) is 0. The van der Waals surface area contributed by atoms with Crippen molar-refractivity contribution < 1.29 is 19.0 Å². The fourth-order valence-corrected chi connectivity index (χ4v) is 0.699. The van der Waals surface area contributed by atoms with E-state index in [0.29, 0.717) is 0 Å². The molecule has 1 aromatic carbocycles. The summed E-state index contributed by atoms with van der Waals surface area (Å²) in [5, 5.41) is 17.4. The zero-order valence-corrected chi connectivity index (χ0v) is 5.81. The first-order valence-corrected chi connectivity index (χ1v) is 2.90. The van der Waals surface area contributed by atoms with E-state index in [-0.39, 0.29) is 0 Å². The minimum Gasteiger partial charge on any atom is -0.502 e. The molecule has 6 heteroatoms. The Labute approximate surface area is 66.0 Å². The third kappa shape index (κ3) is 0.884. The predicted octanol–water partition coefficient (Wildman–Crippen LogP) is 0.540. The first-order chi connectivity index (χ1) is 5.46. The molecule has 4 nitrogen and oxygen atoms in total. The molecule has 0 saturated heterocycles. The van der Waals surface area contributed by atoms with E-state index in [9.17, 15) is 8.78 Å². The molecule has 6 N–H and O–H groups in total. The SMILES string of the molecule is Nc1c(N)c(F)c(O)c(O)c1F. The largest absolute Gasteiger partial charge is 0.502 e. The summed E-state index contributed by atoms with van der Waals surface area (Å²) in [5.41, 5.74) is 8.44. The Bertz CT molecular complexity index is 236. The molecule has 0 aliphatic rings. The van der Waals surface area contributed by atoms with Gasteiger partial charge >= 0.3 is 0 Å². The third-order valence-corrected chi connectivity index (χ3v) is 1.40. The van der Waals surface area contributed by atoms with Crippen LogP contribution in [0.3, 0.4) is 0 Å². The van der Waals surface area contributed by atoms with E-state index in [1.54, 1.807) is 0 Å². The van der Waals surface area contributed by atoms with E-state index in [4.69, 9.17) is 21.7 Å². The van der Waals surface area contributed by atoms with Crippen LogP contribution in [0.25, 0.3) is 0 Å². The minimum absolute atomic E-state index is 0.720. The second-order valence-electron chi connectivity index (χ2n) is 2.15. The molecule has 0 amide bonds. The van der Waals surface area contributed by atoms with Crippen LogP contribution in [-0.2, 0) is 0 Å². The van der Waals surface area contributed by atoms with E-state index in [0.717, 1.165) is 0 Å². The fourth-order valence-electron chi connectivity index (χ4n) is 0.699. The summed E-state index contributed by atoms with van der Waals surface area (Å²) in [4.78, 5) is 0. The highest BCUT2D eigenvalue weighted by molar-refractivity contribution is 5.71. The van der Waals surface area contributed by atoms with Crippen LogP contribution in [0.1, 0.15) is 0 Å². The maximum Gasteiger partial charge on any atom is 0.199 e. The predicted molar refractivity (Wildman–Crippen MR) is 38.5 cm³/mol. The average molecular weight is 176 g/mol. The zero-order chi connectivity index (χ0) is 9.46. The van der Waals surface area contributed by atoms with Gasteiger partial charge in [0.1, 0.15) is 0 Å². The van der Waals surface area contributed by atoms with E-state index >= 15 is 0 Å². The number of nitrogen functional groups attached to an aromatic ring is 2. The fraction of sp³-hybridized carbons (Fsp3) is 0. The first-order valence-electron chi connectivity index (χ1n) is 2.90. The highest BCUT2D eigenvalue weighted by Crippen LogP contribution is 2.38. The number of nitrogens with two attached hydrogens (primary N) is 2. The smallest absolute Gasteiger partial charge is 0.199 e. The van der Waals surface area contributed by atoms with Crippen LogP contribution in [0.2, 0.25) is 0 Å². The summed E-state index contributed by atoms with van der Waals surface area (Å²) >= 11 is 0. The summed E-state index contributed by atoms with van der Waals surface area (Å²) in [5.74, 6) is -5.13. The van der Waals surface area contributed by atoms with Crippen molar-refractivity contribution >= 4 is 11.4 Å². The van der Waals surface area contributed by atoms with Gasteiger partial charge in [0.15, 0.2) is 23.1 Å². The second kappa shape index (κ2) is 2.40. The van der Waals surface area contributed by atoms with E-state index < -0.39 is 34.5 Å². The van der Waals surface area contributed by atoms with Crippen molar-refractivity contribution in [2.24, 2.45) is 0 Å². The molecule has 0 heterocycles. The van der Waals surface area contributed by atoms with Crippen molar-refractivity contribution in [1.29, 1.82) is 0 Å². The lowest BCUT2D eigenvalue weighted by atomic mass is 10.2. The number of hydrogen-bond donors (Lipinski definition) is 4. The number of hydrogen-bond acceptors (Lipinski definition) is 4. The Morgan fingerprint density at radius 1 is 0.833 bits per heavy atom. The van der Waals surface area contributed by atoms with Gasteiger partial charge in [0.25, 0.3) is 0 Å². The van der Waals surface area contributed by atoms with Crippen molar-refractivity contribution in [2.45, 2.75) is 0 Å². The lowest BCUT2D eigenvalue weighted by molar-refractivity contribution is 0.361. The van der Waals surface area contributed by atoms with Gasteiger partial charge in [0.2, 0.25) is 0 Å². The number of halogens is 2. The van der Waals surface area contributed by atoms with Crippen LogP contribution in [0, 0.1) is 11.6 Å². The Hall–Kier alpha value is -1.72. The van der Waals surface area contributed by atoms with Gasteiger partial charge in [-0.15, -0.1) is 0 Å². The van der Waals surface area contributed by atoms with Gasteiger partial charge in [-0.2, -0.15) is 0 Å². The van der Waals surface area contributed by atoms with Crippen LogP contribution >= 0.6 is 0 Å². The lowest BCUT2D eigenvalue weighted by Gasteiger charge is -2.06. The topological polar surface area (TPSA) is 92.5 Å². The highest BCUT2D eigenvalue weighted by atomic mass is 19.1. The summed E-state index contributed by atoms with van der Waals surface area (Å²) in [6.07, 6.45) is 0.